The Morgan fingerprint density at radius 1 is 1.10 bits per heavy atom. The van der Waals surface area contributed by atoms with Crippen molar-refractivity contribution in [2.45, 2.75) is 13.3 Å². The number of anilines is 1. The van der Waals surface area contributed by atoms with Crippen LogP contribution >= 0.6 is 22.9 Å². The largest absolute Gasteiger partial charge is 0.440 e. The fourth-order valence-electron chi connectivity index (χ4n) is 3.39. The number of rotatable bonds is 4. The minimum absolute atomic E-state index is 0.205. The number of carbonyl (C=O) groups is 1. The van der Waals surface area contributed by atoms with Crippen LogP contribution < -0.4 is 5.32 Å². The predicted molar refractivity (Wildman–Crippen MR) is 123 cm³/mol. The van der Waals surface area contributed by atoms with Gasteiger partial charge in [0.1, 0.15) is 10.4 Å². The molecule has 2 aromatic heterocycles. The van der Waals surface area contributed by atoms with Crippen LogP contribution in [0.15, 0.2) is 71.1 Å². The fourth-order valence-corrected chi connectivity index (χ4v) is 4.80. The molecule has 0 radical (unpaired) electrons. The first-order valence-electron chi connectivity index (χ1n) is 9.50. The lowest BCUT2D eigenvalue weighted by molar-refractivity contribution is 0.103. The van der Waals surface area contributed by atoms with Gasteiger partial charge in [0.05, 0.1) is 5.02 Å². The summed E-state index contributed by atoms with van der Waals surface area (Å²) in [4.78, 5) is 17.8. The third kappa shape index (κ3) is 3.58. The minimum atomic E-state index is -0.205. The van der Waals surface area contributed by atoms with Gasteiger partial charge in [-0.1, -0.05) is 48.0 Å². The zero-order valence-corrected chi connectivity index (χ0v) is 17.7. The van der Waals surface area contributed by atoms with Gasteiger partial charge in [-0.05, 0) is 48.4 Å². The van der Waals surface area contributed by atoms with Gasteiger partial charge in [-0.15, -0.1) is 11.3 Å². The van der Waals surface area contributed by atoms with Crippen molar-refractivity contribution in [3.05, 3.63) is 93.6 Å². The van der Waals surface area contributed by atoms with Gasteiger partial charge in [-0.3, -0.25) is 4.79 Å². The minimum Gasteiger partial charge on any atom is -0.440 e. The number of hydrogen-bond donors (Lipinski definition) is 1. The van der Waals surface area contributed by atoms with Crippen molar-refractivity contribution < 1.29 is 9.21 Å². The van der Waals surface area contributed by atoms with Gasteiger partial charge in [-0.2, -0.15) is 0 Å². The van der Waals surface area contributed by atoms with Crippen molar-refractivity contribution in [3.8, 4) is 0 Å². The highest BCUT2D eigenvalue weighted by atomic mass is 35.5. The number of carbonyl (C=O) groups excluding carboxylic acids is 1. The van der Waals surface area contributed by atoms with Crippen molar-refractivity contribution in [2.75, 3.05) is 5.32 Å². The van der Waals surface area contributed by atoms with Gasteiger partial charge < -0.3 is 9.73 Å². The molecule has 4 nitrogen and oxygen atoms in total. The monoisotopic (exact) mass is 432 g/mol. The van der Waals surface area contributed by atoms with Crippen LogP contribution in [0.3, 0.4) is 0 Å². The molecule has 0 atom stereocenters. The molecule has 5 rings (SSSR count). The zero-order valence-electron chi connectivity index (χ0n) is 16.1. The SMILES string of the molecule is Cc1ccc2oc(Cc3ccc(NC(=O)c4sc5ccccc5c4Cl)cc3)nc2c1. The fraction of sp³-hybridized carbons (Fsp3) is 0.0833. The predicted octanol–water partition coefficient (Wildman–Crippen LogP) is 6.85. The van der Waals surface area contributed by atoms with Crippen molar-refractivity contribution in [1.82, 2.24) is 4.98 Å². The van der Waals surface area contributed by atoms with E-state index < -0.39 is 0 Å². The Hall–Kier alpha value is -3.15. The lowest BCUT2D eigenvalue weighted by Gasteiger charge is -2.05. The van der Waals surface area contributed by atoms with Crippen LogP contribution in [0, 0.1) is 6.92 Å². The van der Waals surface area contributed by atoms with Crippen LogP contribution in [0.2, 0.25) is 5.02 Å². The van der Waals surface area contributed by atoms with Crippen LogP contribution in [0.4, 0.5) is 5.69 Å². The van der Waals surface area contributed by atoms with E-state index >= 15 is 0 Å². The second kappa shape index (κ2) is 7.59. The molecule has 30 heavy (non-hydrogen) atoms. The summed E-state index contributed by atoms with van der Waals surface area (Å²) < 4.78 is 6.82. The summed E-state index contributed by atoms with van der Waals surface area (Å²) in [6.45, 7) is 2.03. The standard InChI is InChI=1S/C24H17ClN2O2S/c1-14-6-11-19-18(12-14)27-21(29-19)13-15-7-9-16(10-8-15)26-24(28)23-22(25)17-4-2-3-5-20(17)30-23/h2-12H,13H2,1H3,(H,26,28). The van der Waals surface area contributed by atoms with Crippen LogP contribution in [-0.4, -0.2) is 10.9 Å². The van der Waals surface area contributed by atoms with E-state index in [-0.39, 0.29) is 5.91 Å². The number of aromatic nitrogens is 1. The summed E-state index contributed by atoms with van der Waals surface area (Å²) in [5, 5.41) is 4.32. The first-order valence-corrected chi connectivity index (χ1v) is 10.7. The molecule has 6 heteroatoms. The van der Waals surface area contributed by atoms with E-state index in [1.54, 1.807) is 0 Å². The summed E-state index contributed by atoms with van der Waals surface area (Å²) in [5.74, 6) is 0.465. The first kappa shape index (κ1) is 18.9. The van der Waals surface area contributed by atoms with Gasteiger partial charge in [0, 0.05) is 22.2 Å². The quantitative estimate of drug-likeness (QED) is 0.338. The number of halogens is 1. The average molecular weight is 433 g/mol. The molecule has 0 saturated carbocycles. The van der Waals surface area contributed by atoms with E-state index in [2.05, 4.69) is 10.3 Å². The van der Waals surface area contributed by atoms with E-state index in [4.69, 9.17) is 16.0 Å². The maximum atomic E-state index is 12.7. The molecule has 0 bridgehead atoms. The number of fused-ring (bicyclic) bond motifs is 2. The van der Waals surface area contributed by atoms with Crippen molar-refractivity contribution >= 4 is 55.7 Å². The highest BCUT2D eigenvalue weighted by Gasteiger charge is 2.17. The van der Waals surface area contributed by atoms with Crippen molar-refractivity contribution in [3.63, 3.8) is 0 Å². The first-order chi connectivity index (χ1) is 14.6. The summed E-state index contributed by atoms with van der Waals surface area (Å²) in [6, 6.07) is 21.4. The van der Waals surface area contributed by atoms with Gasteiger partial charge in [-0.25, -0.2) is 4.98 Å². The summed E-state index contributed by atoms with van der Waals surface area (Å²) in [6.07, 6.45) is 0.587. The van der Waals surface area contributed by atoms with E-state index in [0.29, 0.717) is 27.9 Å². The Kier molecular flexibility index (Phi) is 4.77. The van der Waals surface area contributed by atoms with Crippen molar-refractivity contribution in [2.24, 2.45) is 0 Å². The molecule has 0 saturated heterocycles. The van der Waals surface area contributed by atoms with E-state index in [9.17, 15) is 4.79 Å². The third-order valence-corrected chi connectivity index (χ3v) is 6.57. The summed E-state index contributed by atoms with van der Waals surface area (Å²) in [7, 11) is 0. The molecule has 0 unspecified atom stereocenters. The lowest BCUT2D eigenvalue weighted by atomic mass is 10.1. The molecule has 0 aliphatic heterocycles. The number of thiophene rings is 1. The van der Waals surface area contributed by atoms with Gasteiger partial charge in [0.15, 0.2) is 11.5 Å². The summed E-state index contributed by atoms with van der Waals surface area (Å²) >= 11 is 7.80. The van der Waals surface area contributed by atoms with E-state index in [0.717, 1.165) is 32.3 Å². The molecule has 0 fully saturated rings. The molecule has 3 aromatic carbocycles. The average Bonchev–Trinajstić information content (AvgIpc) is 3.29. The summed E-state index contributed by atoms with van der Waals surface area (Å²) in [5.41, 5.74) is 4.58. The van der Waals surface area contributed by atoms with Crippen molar-refractivity contribution in [1.29, 1.82) is 0 Å². The number of nitrogens with one attached hydrogen (secondary N) is 1. The molecule has 0 aliphatic rings. The van der Waals surface area contributed by atoms with Crippen LogP contribution in [0.5, 0.6) is 0 Å². The Morgan fingerprint density at radius 3 is 2.70 bits per heavy atom. The molecule has 2 heterocycles. The van der Waals surface area contributed by atoms with Crippen LogP contribution in [0.25, 0.3) is 21.2 Å². The van der Waals surface area contributed by atoms with Gasteiger partial charge >= 0.3 is 0 Å². The van der Waals surface area contributed by atoms with Crippen LogP contribution in [-0.2, 0) is 6.42 Å². The van der Waals surface area contributed by atoms with Crippen LogP contribution in [0.1, 0.15) is 26.7 Å². The topological polar surface area (TPSA) is 55.1 Å². The van der Waals surface area contributed by atoms with Gasteiger partial charge in [0.25, 0.3) is 5.91 Å². The normalized spacial score (nSPS) is 11.3. The number of nitrogens with zero attached hydrogens (tertiary/aromatic N) is 1. The third-order valence-electron chi connectivity index (χ3n) is 4.90. The Balaban J connectivity index is 1.31. The number of aryl methyl sites for hydroxylation is 1. The molecular formula is C24H17ClN2O2S. The smallest absolute Gasteiger partial charge is 0.267 e. The Labute approximate surface area is 182 Å². The Bertz CT molecular complexity index is 1390. The second-order valence-electron chi connectivity index (χ2n) is 7.15. The molecule has 1 N–H and O–H groups in total. The zero-order chi connectivity index (χ0) is 20.7. The highest BCUT2D eigenvalue weighted by molar-refractivity contribution is 7.21. The second-order valence-corrected chi connectivity index (χ2v) is 8.58. The molecule has 0 spiro atoms. The number of amides is 1. The maximum Gasteiger partial charge on any atom is 0.267 e. The van der Waals surface area contributed by atoms with E-state index in [1.807, 2.05) is 73.7 Å². The van der Waals surface area contributed by atoms with Gasteiger partial charge in [0.2, 0.25) is 0 Å². The molecule has 1 amide bonds. The highest BCUT2D eigenvalue weighted by Crippen LogP contribution is 2.35. The number of benzene rings is 3. The Morgan fingerprint density at radius 2 is 1.90 bits per heavy atom. The maximum absolute atomic E-state index is 12.7. The molecule has 0 aliphatic carbocycles. The molecule has 148 valence electrons. The lowest BCUT2D eigenvalue weighted by Crippen LogP contribution is -2.10. The molecule has 5 aromatic rings. The van der Waals surface area contributed by atoms with E-state index in [1.165, 1.54) is 11.3 Å². The number of oxazole rings is 1. The molecular weight excluding hydrogens is 416 g/mol. The number of hydrogen-bond acceptors (Lipinski definition) is 4.